The predicted octanol–water partition coefficient (Wildman–Crippen LogP) is 2.72. The van der Waals surface area contributed by atoms with Gasteiger partial charge in [0, 0.05) is 6.04 Å². The van der Waals surface area contributed by atoms with E-state index in [1.54, 1.807) is 23.3 Å². The van der Waals surface area contributed by atoms with Crippen molar-refractivity contribution in [2.45, 2.75) is 25.4 Å². The van der Waals surface area contributed by atoms with Gasteiger partial charge in [-0.2, -0.15) is 0 Å². The molecule has 1 fully saturated rings. The summed E-state index contributed by atoms with van der Waals surface area (Å²) in [6, 6.07) is 5.46. The molecule has 1 amide bonds. The standard InChI is InChI=1S/C14H14ClN3O2/c15-13-12(6-9(16)7-17-13)14(19)18(10-3-4-10)8-11-2-1-5-20-11/h1-2,5-7,10H,3-4,8,16H2. The van der Waals surface area contributed by atoms with Crippen LogP contribution in [0.25, 0.3) is 0 Å². The second kappa shape index (κ2) is 5.17. The van der Waals surface area contributed by atoms with E-state index >= 15 is 0 Å². The molecule has 0 unspecified atom stereocenters. The van der Waals surface area contributed by atoms with Crippen molar-refractivity contribution >= 4 is 23.2 Å². The molecule has 0 atom stereocenters. The highest BCUT2D eigenvalue weighted by atomic mass is 35.5. The van der Waals surface area contributed by atoms with Crippen molar-refractivity contribution in [3.8, 4) is 0 Å². The van der Waals surface area contributed by atoms with E-state index in [9.17, 15) is 4.79 Å². The fraction of sp³-hybridized carbons (Fsp3) is 0.286. The van der Waals surface area contributed by atoms with Gasteiger partial charge in [-0.15, -0.1) is 0 Å². The summed E-state index contributed by atoms with van der Waals surface area (Å²) >= 11 is 6.00. The number of nitrogens with two attached hydrogens (primary N) is 1. The average molecular weight is 292 g/mol. The summed E-state index contributed by atoms with van der Waals surface area (Å²) in [6.07, 6.45) is 5.03. The average Bonchev–Trinajstić information content (AvgIpc) is 3.15. The van der Waals surface area contributed by atoms with Gasteiger partial charge < -0.3 is 15.1 Å². The Labute approximate surface area is 121 Å². The highest BCUT2D eigenvalue weighted by Crippen LogP contribution is 2.31. The number of pyridine rings is 1. The number of halogens is 1. The van der Waals surface area contributed by atoms with Crippen LogP contribution in [0, 0.1) is 0 Å². The Morgan fingerprint density at radius 2 is 2.35 bits per heavy atom. The van der Waals surface area contributed by atoms with E-state index in [0.717, 1.165) is 18.6 Å². The van der Waals surface area contributed by atoms with Crippen molar-refractivity contribution in [2.24, 2.45) is 0 Å². The number of anilines is 1. The SMILES string of the molecule is Nc1cnc(Cl)c(C(=O)N(Cc2ccco2)C2CC2)c1. The molecule has 0 aliphatic heterocycles. The van der Waals surface area contributed by atoms with Gasteiger partial charge in [0.25, 0.3) is 5.91 Å². The molecule has 0 aromatic carbocycles. The van der Waals surface area contributed by atoms with Crippen LogP contribution in [0.4, 0.5) is 5.69 Å². The first-order chi connectivity index (χ1) is 9.65. The highest BCUT2D eigenvalue weighted by molar-refractivity contribution is 6.32. The quantitative estimate of drug-likeness (QED) is 0.879. The van der Waals surface area contributed by atoms with Crippen LogP contribution < -0.4 is 5.73 Å². The normalized spacial score (nSPS) is 14.2. The van der Waals surface area contributed by atoms with Crippen molar-refractivity contribution in [1.29, 1.82) is 0 Å². The molecule has 1 aliphatic rings. The fourth-order valence-corrected chi connectivity index (χ4v) is 2.28. The molecule has 2 N–H and O–H groups in total. The zero-order valence-corrected chi connectivity index (χ0v) is 11.5. The maximum absolute atomic E-state index is 12.6. The molecule has 1 aliphatic carbocycles. The van der Waals surface area contributed by atoms with Crippen LogP contribution in [0.2, 0.25) is 5.15 Å². The molecule has 0 spiro atoms. The van der Waals surface area contributed by atoms with E-state index in [-0.39, 0.29) is 17.1 Å². The van der Waals surface area contributed by atoms with Gasteiger partial charge >= 0.3 is 0 Å². The first-order valence-electron chi connectivity index (χ1n) is 6.39. The van der Waals surface area contributed by atoms with Crippen molar-refractivity contribution < 1.29 is 9.21 Å². The van der Waals surface area contributed by atoms with E-state index in [4.69, 9.17) is 21.8 Å². The van der Waals surface area contributed by atoms with Gasteiger partial charge in [0.05, 0.1) is 30.3 Å². The minimum atomic E-state index is -0.159. The maximum Gasteiger partial charge on any atom is 0.257 e. The van der Waals surface area contributed by atoms with Gasteiger partial charge in [-0.3, -0.25) is 4.79 Å². The van der Waals surface area contributed by atoms with Gasteiger partial charge in [-0.1, -0.05) is 11.6 Å². The zero-order valence-electron chi connectivity index (χ0n) is 10.8. The monoisotopic (exact) mass is 291 g/mol. The number of carbonyl (C=O) groups excluding carboxylic acids is 1. The molecule has 6 heteroatoms. The van der Waals surface area contributed by atoms with Gasteiger partial charge in [-0.25, -0.2) is 4.98 Å². The molecule has 0 saturated heterocycles. The summed E-state index contributed by atoms with van der Waals surface area (Å²) in [5, 5.41) is 0.175. The Hall–Kier alpha value is -2.01. The van der Waals surface area contributed by atoms with E-state index < -0.39 is 0 Å². The second-order valence-corrected chi connectivity index (χ2v) is 5.21. The molecule has 2 aromatic heterocycles. The van der Waals surface area contributed by atoms with Crippen LogP contribution in [-0.4, -0.2) is 21.8 Å². The number of furan rings is 1. The Balaban J connectivity index is 1.87. The minimum absolute atomic E-state index is 0.159. The number of carbonyl (C=O) groups is 1. The highest BCUT2D eigenvalue weighted by Gasteiger charge is 2.34. The van der Waals surface area contributed by atoms with Crippen LogP contribution in [0.5, 0.6) is 0 Å². The third-order valence-electron chi connectivity index (χ3n) is 3.25. The summed E-state index contributed by atoms with van der Waals surface area (Å²) in [6.45, 7) is 0.432. The lowest BCUT2D eigenvalue weighted by atomic mass is 10.2. The Bertz CT molecular complexity index is 623. The molecule has 3 rings (SSSR count). The van der Waals surface area contributed by atoms with Crippen LogP contribution in [0.3, 0.4) is 0 Å². The first-order valence-corrected chi connectivity index (χ1v) is 6.77. The number of rotatable bonds is 4. The predicted molar refractivity (Wildman–Crippen MR) is 75.3 cm³/mol. The second-order valence-electron chi connectivity index (χ2n) is 4.85. The molecular weight excluding hydrogens is 278 g/mol. The Morgan fingerprint density at radius 1 is 1.55 bits per heavy atom. The number of aromatic nitrogens is 1. The lowest BCUT2D eigenvalue weighted by Crippen LogP contribution is -2.32. The maximum atomic E-state index is 12.6. The molecule has 2 heterocycles. The van der Waals surface area contributed by atoms with Gasteiger partial charge in [0.2, 0.25) is 0 Å². The van der Waals surface area contributed by atoms with Crippen LogP contribution >= 0.6 is 11.6 Å². The minimum Gasteiger partial charge on any atom is -0.467 e. The summed E-state index contributed by atoms with van der Waals surface area (Å²) in [7, 11) is 0. The zero-order chi connectivity index (χ0) is 14.1. The third-order valence-corrected chi connectivity index (χ3v) is 3.55. The van der Waals surface area contributed by atoms with E-state index in [1.165, 1.54) is 6.20 Å². The molecule has 2 aromatic rings. The van der Waals surface area contributed by atoms with E-state index in [0.29, 0.717) is 17.8 Å². The fourth-order valence-electron chi connectivity index (χ4n) is 2.09. The Kier molecular flexibility index (Phi) is 3.36. The lowest BCUT2D eigenvalue weighted by molar-refractivity contribution is 0.0717. The number of hydrogen-bond donors (Lipinski definition) is 1. The van der Waals surface area contributed by atoms with E-state index in [2.05, 4.69) is 4.98 Å². The third kappa shape index (κ3) is 2.63. The van der Waals surface area contributed by atoms with Crippen molar-refractivity contribution in [3.63, 3.8) is 0 Å². The molecule has 0 radical (unpaired) electrons. The summed E-state index contributed by atoms with van der Waals surface area (Å²) in [5.41, 5.74) is 6.44. The first kappa shape index (κ1) is 13.0. The van der Waals surface area contributed by atoms with Crippen molar-refractivity contribution in [3.05, 3.63) is 47.1 Å². The number of hydrogen-bond acceptors (Lipinski definition) is 4. The summed E-state index contributed by atoms with van der Waals surface area (Å²) in [5.74, 6) is 0.590. The summed E-state index contributed by atoms with van der Waals surface area (Å²) < 4.78 is 5.31. The largest absolute Gasteiger partial charge is 0.467 e. The lowest BCUT2D eigenvalue weighted by Gasteiger charge is -2.21. The van der Waals surface area contributed by atoms with Crippen molar-refractivity contribution in [1.82, 2.24) is 9.88 Å². The molecule has 1 saturated carbocycles. The number of amides is 1. The Morgan fingerprint density at radius 3 is 3.00 bits per heavy atom. The van der Waals surface area contributed by atoms with E-state index in [1.807, 2.05) is 6.07 Å². The number of nitrogens with zero attached hydrogens (tertiary/aromatic N) is 2. The summed E-state index contributed by atoms with van der Waals surface area (Å²) in [4.78, 5) is 18.3. The van der Waals surface area contributed by atoms with Gasteiger partial charge in [-0.05, 0) is 31.0 Å². The van der Waals surface area contributed by atoms with Crippen LogP contribution in [0.1, 0.15) is 29.0 Å². The molecule has 0 bridgehead atoms. The molecule has 5 nitrogen and oxygen atoms in total. The number of nitrogen functional groups attached to an aromatic ring is 1. The topological polar surface area (TPSA) is 72.4 Å². The molecule has 104 valence electrons. The molecular formula is C14H14ClN3O2. The molecule has 20 heavy (non-hydrogen) atoms. The van der Waals surface area contributed by atoms with Crippen LogP contribution in [-0.2, 0) is 6.54 Å². The van der Waals surface area contributed by atoms with Gasteiger partial charge in [0.15, 0.2) is 0 Å². The van der Waals surface area contributed by atoms with Gasteiger partial charge in [0.1, 0.15) is 10.9 Å². The smallest absolute Gasteiger partial charge is 0.257 e. The van der Waals surface area contributed by atoms with Crippen molar-refractivity contribution in [2.75, 3.05) is 5.73 Å². The van der Waals surface area contributed by atoms with Crippen LogP contribution in [0.15, 0.2) is 35.1 Å².